The zero-order valence-corrected chi connectivity index (χ0v) is 14.7. The number of nitrogens with zero attached hydrogens (tertiary/aromatic N) is 1. The first-order valence-corrected chi connectivity index (χ1v) is 9.73. The van der Waals surface area contributed by atoms with Crippen LogP contribution in [-0.4, -0.2) is 44.1 Å². The van der Waals surface area contributed by atoms with E-state index in [1.807, 2.05) is 24.3 Å². The minimum absolute atomic E-state index is 0.160. The van der Waals surface area contributed by atoms with Gasteiger partial charge in [0.15, 0.2) is 0 Å². The van der Waals surface area contributed by atoms with Crippen molar-refractivity contribution >= 4 is 21.7 Å². The second-order valence-corrected chi connectivity index (χ2v) is 8.32. The van der Waals surface area contributed by atoms with Gasteiger partial charge in [-0.2, -0.15) is 0 Å². The molecule has 0 radical (unpaired) electrons. The number of urea groups is 1. The van der Waals surface area contributed by atoms with E-state index in [4.69, 9.17) is 0 Å². The molecular weight excluding hydrogens is 314 g/mol. The molecule has 0 aliphatic carbocycles. The van der Waals surface area contributed by atoms with Gasteiger partial charge >= 0.3 is 6.03 Å². The summed E-state index contributed by atoms with van der Waals surface area (Å²) in [5.74, 6) is 0.390. The van der Waals surface area contributed by atoms with Crippen molar-refractivity contribution in [2.75, 3.05) is 24.7 Å². The van der Waals surface area contributed by atoms with Gasteiger partial charge in [0, 0.05) is 24.8 Å². The van der Waals surface area contributed by atoms with Gasteiger partial charge < -0.3 is 10.6 Å². The van der Waals surface area contributed by atoms with Crippen LogP contribution in [0.5, 0.6) is 0 Å². The lowest BCUT2D eigenvalue weighted by atomic mass is 10.0. The molecule has 1 heterocycles. The van der Waals surface area contributed by atoms with E-state index in [9.17, 15) is 13.2 Å². The van der Waals surface area contributed by atoms with Gasteiger partial charge in [0.25, 0.3) is 0 Å². The van der Waals surface area contributed by atoms with E-state index in [0.717, 1.165) is 24.1 Å². The molecule has 1 atom stereocenters. The SMILES string of the molecule is CC(C)c1cccc(NC(=O)N[C@H]2CCCN(S(C)(=O)=O)C2)c1. The van der Waals surface area contributed by atoms with E-state index in [2.05, 4.69) is 24.5 Å². The Kier molecular flexibility index (Phi) is 5.64. The average molecular weight is 339 g/mol. The summed E-state index contributed by atoms with van der Waals surface area (Å²) in [6.07, 6.45) is 2.74. The highest BCUT2D eigenvalue weighted by atomic mass is 32.2. The summed E-state index contributed by atoms with van der Waals surface area (Å²) in [4.78, 5) is 12.1. The Hall–Kier alpha value is -1.60. The van der Waals surface area contributed by atoms with Crippen molar-refractivity contribution in [1.29, 1.82) is 0 Å². The topological polar surface area (TPSA) is 78.5 Å². The van der Waals surface area contributed by atoms with Gasteiger partial charge in [-0.15, -0.1) is 0 Å². The molecule has 0 bridgehead atoms. The Bertz CT molecular complexity index is 658. The van der Waals surface area contributed by atoms with E-state index in [1.165, 1.54) is 10.6 Å². The molecule has 0 unspecified atom stereocenters. The summed E-state index contributed by atoms with van der Waals surface area (Å²) >= 11 is 0. The third-order valence-corrected chi connectivity index (χ3v) is 5.27. The van der Waals surface area contributed by atoms with Crippen LogP contribution in [-0.2, 0) is 10.0 Å². The standard InChI is InChI=1S/C16H25N3O3S/c1-12(2)13-6-4-7-14(10-13)17-16(20)18-15-8-5-9-19(11-15)23(3,21)22/h4,6-7,10,12,15H,5,8-9,11H2,1-3H3,(H2,17,18,20)/t15-/m0/s1. The summed E-state index contributed by atoms with van der Waals surface area (Å²) in [6, 6.07) is 7.27. The molecule has 2 N–H and O–H groups in total. The molecule has 1 aromatic rings. The van der Waals surface area contributed by atoms with Gasteiger partial charge in [0.1, 0.15) is 0 Å². The third-order valence-electron chi connectivity index (χ3n) is 4.00. The number of anilines is 1. The molecule has 1 fully saturated rings. The minimum atomic E-state index is -3.21. The maximum Gasteiger partial charge on any atom is 0.319 e. The van der Waals surface area contributed by atoms with Gasteiger partial charge in [-0.3, -0.25) is 0 Å². The van der Waals surface area contributed by atoms with Crippen LogP contribution < -0.4 is 10.6 Å². The molecule has 1 aromatic carbocycles. The van der Waals surface area contributed by atoms with Gasteiger partial charge in [-0.05, 0) is 36.5 Å². The molecular formula is C16H25N3O3S. The van der Waals surface area contributed by atoms with Gasteiger partial charge in [0.2, 0.25) is 10.0 Å². The number of nitrogens with one attached hydrogen (secondary N) is 2. The molecule has 1 saturated heterocycles. The average Bonchev–Trinajstić information content (AvgIpc) is 2.46. The Labute approximate surface area is 138 Å². The highest BCUT2D eigenvalue weighted by molar-refractivity contribution is 7.88. The first-order chi connectivity index (χ1) is 10.8. The van der Waals surface area contributed by atoms with Crippen molar-refractivity contribution in [3.8, 4) is 0 Å². The maximum atomic E-state index is 12.1. The van der Waals surface area contributed by atoms with E-state index < -0.39 is 10.0 Å². The smallest absolute Gasteiger partial charge is 0.319 e. The van der Waals surface area contributed by atoms with Crippen LogP contribution >= 0.6 is 0 Å². The summed E-state index contributed by atoms with van der Waals surface area (Å²) in [5, 5.41) is 5.68. The van der Waals surface area contributed by atoms with Crippen molar-refractivity contribution in [2.24, 2.45) is 0 Å². The van der Waals surface area contributed by atoms with Crippen LogP contribution in [0.15, 0.2) is 24.3 Å². The van der Waals surface area contributed by atoms with Gasteiger partial charge in [-0.1, -0.05) is 26.0 Å². The molecule has 1 aliphatic rings. The molecule has 1 aliphatic heterocycles. The molecule has 6 nitrogen and oxygen atoms in total. The second kappa shape index (κ2) is 7.31. The number of piperidine rings is 1. The quantitative estimate of drug-likeness (QED) is 0.884. The highest BCUT2D eigenvalue weighted by Gasteiger charge is 2.26. The molecule has 7 heteroatoms. The van der Waals surface area contributed by atoms with E-state index >= 15 is 0 Å². The number of carbonyl (C=O) groups is 1. The first-order valence-electron chi connectivity index (χ1n) is 7.88. The fraction of sp³-hybridized carbons (Fsp3) is 0.562. The molecule has 0 aromatic heterocycles. The fourth-order valence-corrected chi connectivity index (χ4v) is 3.60. The second-order valence-electron chi connectivity index (χ2n) is 6.34. The Morgan fingerprint density at radius 1 is 1.35 bits per heavy atom. The van der Waals surface area contributed by atoms with Crippen LogP contribution in [0, 0.1) is 0 Å². The highest BCUT2D eigenvalue weighted by Crippen LogP contribution is 2.18. The minimum Gasteiger partial charge on any atom is -0.334 e. The summed E-state index contributed by atoms with van der Waals surface area (Å²) < 4.78 is 24.6. The number of amides is 2. The molecule has 128 valence electrons. The molecule has 2 rings (SSSR count). The Morgan fingerprint density at radius 3 is 2.74 bits per heavy atom. The predicted molar refractivity (Wildman–Crippen MR) is 92.1 cm³/mol. The van der Waals surface area contributed by atoms with Crippen LogP contribution in [0.25, 0.3) is 0 Å². The zero-order valence-electron chi connectivity index (χ0n) is 13.9. The van der Waals surface area contributed by atoms with Crippen molar-refractivity contribution in [3.05, 3.63) is 29.8 Å². The monoisotopic (exact) mass is 339 g/mol. The summed E-state index contributed by atoms with van der Waals surface area (Å²) in [5.41, 5.74) is 1.90. The van der Waals surface area contributed by atoms with Crippen LogP contribution in [0.2, 0.25) is 0 Å². The fourth-order valence-electron chi connectivity index (χ4n) is 2.69. The van der Waals surface area contributed by atoms with E-state index in [-0.39, 0.29) is 12.1 Å². The number of sulfonamides is 1. The van der Waals surface area contributed by atoms with Crippen LogP contribution in [0.1, 0.15) is 38.2 Å². The Morgan fingerprint density at radius 2 is 2.09 bits per heavy atom. The van der Waals surface area contributed by atoms with Gasteiger partial charge in [-0.25, -0.2) is 17.5 Å². The zero-order chi connectivity index (χ0) is 17.0. The third kappa shape index (κ3) is 5.21. The van der Waals surface area contributed by atoms with Crippen molar-refractivity contribution < 1.29 is 13.2 Å². The van der Waals surface area contributed by atoms with Crippen LogP contribution in [0.4, 0.5) is 10.5 Å². The number of benzene rings is 1. The van der Waals surface area contributed by atoms with Crippen LogP contribution in [0.3, 0.4) is 0 Å². The summed E-state index contributed by atoms with van der Waals surface area (Å²) in [6.45, 7) is 5.05. The van der Waals surface area contributed by atoms with Gasteiger partial charge in [0.05, 0.1) is 6.26 Å². The van der Waals surface area contributed by atoms with E-state index in [0.29, 0.717) is 19.0 Å². The number of carbonyl (C=O) groups excluding carboxylic acids is 1. The van der Waals surface area contributed by atoms with Crippen molar-refractivity contribution in [2.45, 2.75) is 38.6 Å². The lowest BCUT2D eigenvalue weighted by molar-refractivity contribution is 0.236. The van der Waals surface area contributed by atoms with Crippen molar-refractivity contribution in [3.63, 3.8) is 0 Å². The maximum absolute atomic E-state index is 12.1. The number of rotatable bonds is 4. The van der Waals surface area contributed by atoms with E-state index in [1.54, 1.807) is 0 Å². The Balaban J connectivity index is 1.93. The molecule has 2 amide bonds. The molecule has 0 spiro atoms. The van der Waals surface area contributed by atoms with Crippen molar-refractivity contribution in [1.82, 2.24) is 9.62 Å². The normalized spacial score (nSPS) is 19.6. The predicted octanol–water partition coefficient (Wildman–Crippen LogP) is 2.36. The number of hydrogen-bond acceptors (Lipinski definition) is 3. The molecule has 0 saturated carbocycles. The molecule has 23 heavy (non-hydrogen) atoms. The number of hydrogen-bond donors (Lipinski definition) is 2. The first kappa shape index (κ1) is 17.7. The largest absolute Gasteiger partial charge is 0.334 e. The summed E-state index contributed by atoms with van der Waals surface area (Å²) in [7, 11) is -3.21. The lowest BCUT2D eigenvalue weighted by Gasteiger charge is -2.31. The lowest BCUT2D eigenvalue weighted by Crippen LogP contribution is -2.50.